The minimum atomic E-state index is -0.0871. The van der Waals surface area contributed by atoms with Gasteiger partial charge in [0.2, 0.25) is 0 Å². The molecule has 1 atom stereocenters. The van der Waals surface area contributed by atoms with E-state index in [0.29, 0.717) is 16.5 Å². The average molecular weight is 284 g/mol. The fourth-order valence-electron chi connectivity index (χ4n) is 2.00. The quantitative estimate of drug-likeness (QED) is 0.904. The molecule has 2 rings (SSSR count). The second kappa shape index (κ2) is 5.79. The lowest BCUT2D eigenvalue weighted by Gasteiger charge is -2.12. The van der Waals surface area contributed by atoms with Crippen LogP contribution in [0.2, 0.25) is 10.0 Å². The van der Waals surface area contributed by atoms with Crippen molar-refractivity contribution in [3.63, 3.8) is 0 Å². The van der Waals surface area contributed by atoms with Gasteiger partial charge in [-0.15, -0.1) is 0 Å². The third-order valence-electron chi connectivity index (χ3n) is 2.94. The summed E-state index contributed by atoms with van der Waals surface area (Å²) in [6, 6.07) is 7.44. The van der Waals surface area contributed by atoms with E-state index in [0.717, 1.165) is 23.3 Å². The Morgan fingerprint density at radius 3 is 2.67 bits per heavy atom. The van der Waals surface area contributed by atoms with Crippen LogP contribution in [0.1, 0.15) is 29.9 Å². The van der Waals surface area contributed by atoms with Crippen molar-refractivity contribution in [2.75, 3.05) is 0 Å². The first-order chi connectivity index (χ1) is 8.61. The summed E-state index contributed by atoms with van der Waals surface area (Å²) in [4.78, 5) is 0. The zero-order valence-electron chi connectivity index (χ0n) is 10.1. The minimum absolute atomic E-state index is 0.0871. The van der Waals surface area contributed by atoms with E-state index in [1.165, 1.54) is 0 Å². The molecule has 1 unspecified atom stereocenters. The lowest BCUT2D eigenvalue weighted by molar-refractivity contribution is 0.505. The van der Waals surface area contributed by atoms with Crippen LogP contribution in [0.25, 0.3) is 0 Å². The number of hydrogen-bond donors (Lipinski definition) is 1. The van der Waals surface area contributed by atoms with Crippen LogP contribution < -0.4 is 5.73 Å². The van der Waals surface area contributed by atoms with E-state index in [4.69, 9.17) is 33.4 Å². The molecular formula is C14H15Cl2NO. The molecule has 0 radical (unpaired) electrons. The molecule has 0 spiro atoms. The highest BCUT2D eigenvalue weighted by atomic mass is 35.5. The first-order valence-corrected chi connectivity index (χ1v) is 6.63. The van der Waals surface area contributed by atoms with Crippen LogP contribution in [0, 0.1) is 0 Å². The number of aryl methyl sites for hydroxylation is 1. The first-order valence-electron chi connectivity index (χ1n) is 5.87. The van der Waals surface area contributed by atoms with Crippen LogP contribution in [0.4, 0.5) is 0 Å². The second-order valence-electron chi connectivity index (χ2n) is 4.21. The second-order valence-corrected chi connectivity index (χ2v) is 5.03. The highest BCUT2D eigenvalue weighted by Gasteiger charge is 2.14. The molecule has 96 valence electrons. The smallest absolute Gasteiger partial charge is 0.108 e. The predicted octanol–water partition coefficient (Wildman–Crippen LogP) is 4.39. The number of hydrogen-bond acceptors (Lipinski definition) is 2. The van der Waals surface area contributed by atoms with Gasteiger partial charge in [-0.05, 0) is 30.2 Å². The number of benzene rings is 1. The van der Waals surface area contributed by atoms with Crippen molar-refractivity contribution < 1.29 is 4.42 Å². The van der Waals surface area contributed by atoms with E-state index >= 15 is 0 Å². The molecule has 0 aliphatic rings. The summed E-state index contributed by atoms with van der Waals surface area (Å²) in [5, 5.41) is 1.12. The molecule has 0 saturated heterocycles. The maximum atomic E-state index is 6.20. The van der Waals surface area contributed by atoms with E-state index in [1.54, 1.807) is 12.3 Å². The summed E-state index contributed by atoms with van der Waals surface area (Å²) in [5.74, 6) is 0.947. The standard InChI is InChI=1S/C14H15Cl2NO/c1-2-14-10(5-6-18-14)13(17)8-9-3-4-11(15)12(16)7-9/h3-7,13H,2,8,17H2,1H3. The number of furan rings is 1. The Labute approximate surface area is 117 Å². The van der Waals surface area contributed by atoms with Gasteiger partial charge in [0.15, 0.2) is 0 Å². The maximum Gasteiger partial charge on any atom is 0.108 e. The lowest BCUT2D eigenvalue weighted by Crippen LogP contribution is -2.14. The van der Waals surface area contributed by atoms with Crippen molar-refractivity contribution in [2.24, 2.45) is 5.73 Å². The summed E-state index contributed by atoms with van der Waals surface area (Å²) in [6.07, 6.45) is 3.24. The SMILES string of the molecule is CCc1occc1C(N)Cc1ccc(Cl)c(Cl)c1. The largest absolute Gasteiger partial charge is 0.469 e. The Kier molecular flexibility index (Phi) is 4.33. The van der Waals surface area contributed by atoms with Crippen molar-refractivity contribution in [2.45, 2.75) is 25.8 Å². The zero-order chi connectivity index (χ0) is 13.1. The zero-order valence-corrected chi connectivity index (χ0v) is 11.6. The molecule has 1 heterocycles. The van der Waals surface area contributed by atoms with E-state index in [-0.39, 0.29) is 6.04 Å². The van der Waals surface area contributed by atoms with E-state index in [1.807, 2.05) is 25.1 Å². The molecule has 1 aromatic heterocycles. The highest BCUT2D eigenvalue weighted by molar-refractivity contribution is 6.42. The Balaban J connectivity index is 2.16. The molecule has 0 aliphatic heterocycles. The fourth-order valence-corrected chi connectivity index (χ4v) is 2.32. The maximum absolute atomic E-state index is 6.20. The summed E-state index contributed by atoms with van der Waals surface area (Å²) < 4.78 is 5.39. The highest BCUT2D eigenvalue weighted by Crippen LogP contribution is 2.26. The summed E-state index contributed by atoms with van der Waals surface area (Å²) in [5.41, 5.74) is 8.33. The summed E-state index contributed by atoms with van der Waals surface area (Å²) >= 11 is 11.9. The monoisotopic (exact) mass is 283 g/mol. The lowest BCUT2D eigenvalue weighted by atomic mass is 9.99. The minimum Gasteiger partial charge on any atom is -0.469 e. The number of halogens is 2. The van der Waals surface area contributed by atoms with Gasteiger partial charge in [-0.1, -0.05) is 36.2 Å². The molecule has 0 aliphatic carbocycles. The van der Waals surface area contributed by atoms with Gasteiger partial charge in [0.25, 0.3) is 0 Å². The van der Waals surface area contributed by atoms with Crippen molar-refractivity contribution >= 4 is 23.2 Å². The third kappa shape index (κ3) is 2.89. The van der Waals surface area contributed by atoms with Crippen molar-refractivity contribution in [1.29, 1.82) is 0 Å². The summed E-state index contributed by atoms with van der Waals surface area (Å²) in [7, 11) is 0. The first kappa shape index (κ1) is 13.5. The molecule has 2 N–H and O–H groups in total. The van der Waals surface area contributed by atoms with E-state index < -0.39 is 0 Å². The van der Waals surface area contributed by atoms with Gasteiger partial charge >= 0.3 is 0 Å². The van der Waals surface area contributed by atoms with Crippen LogP contribution in [-0.2, 0) is 12.8 Å². The van der Waals surface area contributed by atoms with Gasteiger partial charge in [0.1, 0.15) is 5.76 Å². The van der Waals surface area contributed by atoms with Gasteiger partial charge in [0, 0.05) is 18.0 Å². The number of nitrogens with two attached hydrogens (primary N) is 1. The summed E-state index contributed by atoms with van der Waals surface area (Å²) in [6.45, 7) is 2.05. The third-order valence-corrected chi connectivity index (χ3v) is 3.68. The molecule has 2 aromatic rings. The van der Waals surface area contributed by atoms with Crippen LogP contribution >= 0.6 is 23.2 Å². The molecule has 0 bridgehead atoms. The van der Waals surface area contributed by atoms with Crippen LogP contribution in [-0.4, -0.2) is 0 Å². The van der Waals surface area contributed by atoms with E-state index in [2.05, 4.69) is 0 Å². The number of rotatable bonds is 4. The van der Waals surface area contributed by atoms with Gasteiger partial charge in [-0.3, -0.25) is 0 Å². The van der Waals surface area contributed by atoms with Gasteiger partial charge in [-0.25, -0.2) is 0 Å². The van der Waals surface area contributed by atoms with Crippen molar-refractivity contribution in [3.8, 4) is 0 Å². The molecule has 4 heteroatoms. The van der Waals surface area contributed by atoms with Crippen LogP contribution in [0.15, 0.2) is 34.9 Å². The molecule has 0 fully saturated rings. The molecule has 0 saturated carbocycles. The molecular weight excluding hydrogens is 269 g/mol. The van der Waals surface area contributed by atoms with Crippen molar-refractivity contribution in [3.05, 3.63) is 57.5 Å². The molecule has 0 amide bonds. The van der Waals surface area contributed by atoms with E-state index in [9.17, 15) is 0 Å². The Hall–Kier alpha value is -0.960. The Morgan fingerprint density at radius 2 is 2.00 bits per heavy atom. The molecule has 18 heavy (non-hydrogen) atoms. The van der Waals surface area contributed by atoms with Gasteiger partial charge in [0.05, 0.1) is 16.3 Å². The molecule has 2 nitrogen and oxygen atoms in total. The van der Waals surface area contributed by atoms with Crippen molar-refractivity contribution in [1.82, 2.24) is 0 Å². The van der Waals surface area contributed by atoms with Crippen LogP contribution in [0.5, 0.6) is 0 Å². The van der Waals surface area contributed by atoms with Gasteiger partial charge in [-0.2, -0.15) is 0 Å². The van der Waals surface area contributed by atoms with Gasteiger partial charge < -0.3 is 10.2 Å². The normalized spacial score (nSPS) is 12.7. The molecule has 1 aromatic carbocycles. The predicted molar refractivity (Wildman–Crippen MR) is 75.2 cm³/mol. The average Bonchev–Trinajstić information content (AvgIpc) is 2.82. The topological polar surface area (TPSA) is 39.2 Å². The Bertz CT molecular complexity index is 536. The van der Waals surface area contributed by atoms with Crippen LogP contribution in [0.3, 0.4) is 0 Å². The Morgan fingerprint density at radius 1 is 1.22 bits per heavy atom. The fraction of sp³-hybridized carbons (Fsp3) is 0.286.